The largest absolute Gasteiger partial charge is 0.325 e. The summed E-state index contributed by atoms with van der Waals surface area (Å²) in [5.74, 6) is -0.131. The van der Waals surface area contributed by atoms with E-state index in [1.807, 2.05) is 13.8 Å². The molecular weight excluding hydrogens is 264 g/mol. The molecule has 0 aliphatic carbocycles. The van der Waals surface area contributed by atoms with Crippen molar-refractivity contribution in [1.82, 2.24) is 20.5 Å². The van der Waals surface area contributed by atoms with Gasteiger partial charge < -0.3 is 10.6 Å². The molecule has 2 fully saturated rings. The van der Waals surface area contributed by atoms with Gasteiger partial charge >= 0.3 is 6.03 Å². The van der Waals surface area contributed by atoms with Crippen LogP contribution in [0, 0.1) is 13.8 Å². The molecule has 19 heavy (non-hydrogen) atoms. The molecule has 6 nitrogen and oxygen atoms in total. The first kappa shape index (κ1) is 12.6. The molecule has 3 amide bonds. The SMILES string of the molecule is Cc1nc(CN2C(=O)NC3(CCNC3)C2=O)sc1C. The van der Waals surface area contributed by atoms with Crippen molar-refractivity contribution in [1.29, 1.82) is 0 Å². The lowest BCUT2D eigenvalue weighted by atomic mass is 9.99. The van der Waals surface area contributed by atoms with Gasteiger partial charge in [-0.2, -0.15) is 0 Å². The van der Waals surface area contributed by atoms with Crippen LogP contribution >= 0.6 is 11.3 Å². The Labute approximate surface area is 115 Å². The van der Waals surface area contributed by atoms with Gasteiger partial charge in [0.15, 0.2) is 0 Å². The summed E-state index contributed by atoms with van der Waals surface area (Å²) < 4.78 is 0. The van der Waals surface area contributed by atoms with Crippen molar-refractivity contribution in [3.8, 4) is 0 Å². The van der Waals surface area contributed by atoms with E-state index in [4.69, 9.17) is 0 Å². The Bertz CT molecular complexity index is 528. The van der Waals surface area contributed by atoms with Crippen LogP contribution < -0.4 is 10.6 Å². The molecule has 3 heterocycles. The maximum absolute atomic E-state index is 12.4. The molecule has 102 valence electrons. The Balaban J connectivity index is 1.81. The number of imide groups is 1. The number of aryl methyl sites for hydroxylation is 2. The highest BCUT2D eigenvalue weighted by molar-refractivity contribution is 7.11. The Kier molecular flexibility index (Phi) is 2.83. The normalized spacial score (nSPS) is 26.5. The van der Waals surface area contributed by atoms with Gasteiger partial charge in [0.05, 0.1) is 12.2 Å². The first-order chi connectivity index (χ1) is 9.02. The standard InChI is InChI=1S/C12H16N4O2S/c1-7-8(2)19-9(14-7)5-16-10(17)12(15-11(16)18)3-4-13-6-12/h13H,3-6H2,1-2H3,(H,15,18). The van der Waals surface area contributed by atoms with Gasteiger partial charge in [-0.1, -0.05) is 0 Å². The van der Waals surface area contributed by atoms with Crippen molar-refractivity contribution in [2.24, 2.45) is 0 Å². The van der Waals surface area contributed by atoms with Gasteiger partial charge in [0.25, 0.3) is 5.91 Å². The number of carbonyl (C=O) groups is 2. The van der Waals surface area contributed by atoms with Crippen LogP contribution in [-0.2, 0) is 11.3 Å². The molecule has 1 aromatic rings. The van der Waals surface area contributed by atoms with Gasteiger partial charge in [-0.05, 0) is 26.8 Å². The minimum absolute atomic E-state index is 0.131. The molecule has 2 N–H and O–H groups in total. The monoisotopic (exact) mass is 280 g/mol. The smallest absolute Gasteiger partial charge is 0.322 e. The van der Waals surface area contributed by atoms with Crippen LogP contribution in [0.2, 0.25) is 0 Å². The van der Waals surface area contributed by atoms with E-state index in [9.17, 15) is 9.59 Å². The Morgan fingerprint density at radius 1 is 1.42 bits per heavy atom. The fourth-order valence-electron chi connectivity index (χ4n) is 2.54. The zero-order valence-corrected chi connectivity index (χ0v) is 11.8. The summed E-state index contributed by atoms with van der Waals surface area (Å²) in [4.78, 5) is 31.2. The molecule has 0 radical (unpaired) electrons. The zero-order chi connectivity index (χ0) is 13.6. The predicted molar refractivity (Wildman–Crippen MR) is 70.9 cm³/mol. The van der Waals surface area contributed by atoms with Gasteiger partial charge in [0.1, 0.15) is 10.5 Å². The molecule has 1 unspecified atom stereocenters. The van der Waals surface area contributed by atoms with Crippen molar-refractivity contribution in [3.05, 3.63) is 15.6 Å². The van der Waals surface area contributed by atoms with Gasteiger partial charge in [0.2, 0.25) is 0 Å². The topological polar surface area (TPSA) is 74.3 Å². The molecule has 1 spiro atoms. The van der Waals surface area contributed by atoms with E-state index in [-0.39, 0.29) is 18.5 Å². The van der Waals surface area contributed by atoms with Crippen LogP contribution in [0.3, 0.4) is 0 Å². The number of aromatic nitrogens is 1. The third kappa shape index (κ3) is 1.93. The summed E-state index contributed by atoms with van der Waals surface area (Å²) in [7, 11) is 0. The Morgan fingerprint density at radius 2 is 2.21 bits per heavy atom. The molecule has 0 saturated carbocycles. The molecule has 2 saturated heterocycles. The highest BCUT2D eigenvalue weighted by atomic mass is 32.1. The summed E-state index contributed by atoms with van der Waals surface area (Å²) in [6.07, 6.45) is 0.657. The van der Waals surface area contributed by atoms with Crippen LogP contribution in [0.1, 0.15) is 22.0 Å². The number of hydrogen-bond donors (Lipinski definition) is 2. The first-order valence-corrected chi connectivity index (χ1v) is 7.11. The van der Waals surface area contributed by atoms with Gasteiger partial charge in [-0.15, -0.1) is 11.3 Å². The third-order valence-electron chi connectivity index (χ3n) is 3.77. The number of nitrogens with zero attached hydrogens (tertiary/aromatic N) is 2. The van der Waals surface area contributed by atoms with Gasteiger partial charge in [-0.25, -0.2) is 9.78 Å². The summed E-state index contributed by atoms with van der Waals surface area (Å²) in [6.45, 7) is 5.47. The number of hydrogen-bond acceptors (Lipinski definition) is 5. The molecule has 2 aliphatic rings. The molecule has 3 rings (SSSR count). The predicted octanol–water partition coefficient (Wildman–Crippen LogP) is 0.544. The molecule has 0 bridgehead atoms. The molecule has 7 heteroatoms. The van der Waals surface area contributed by atoms with E-state index >= 15 is 0 Å². The fraction of sp³-hybridized carbons (Fsp3) is 0.583. The highest BCUT2D eigenvalue weighted by Crippen LogP contribution is 2.27. The van der Waals surface area contributed by atoms with Gasteiger partial charge in [0, 0.05) is 11.4 Å². The molecule has 1 aromatic heterocycles. The zero-order valence-electron chi connectivity index (χ0n) is 10.9. The molecule has 1 atom stereocenters. The van der Waals surface area contributed by atoms with Crippen LogP contribution in [-0.4, -0.2) is 40.5 Å². The lowest BCUT2D eigenvalue weighted by Gasteiger charge is -2.18. The summed E-state index contributed by atoms with van der Waals surface area (Å²) in [5.41, 5.74) is 0.239. The lowest BCUT2D eigenvalue weighted by molar-refractivity contribution is -0.131. The number of carbonyl (C=O) groups excluding carboxylic acids is 2. The second kappa shape index (κ2) is 4.28. The van der Waals surface area contributed by atoms with E-state index < -0.39 is 5.54 Å². The molecular formula is C12H16N4O2S. The van der Waals surface area contributed by atoms with Crippen LogP contribution in [0.25, 0.3) is 0 Å². The second-order valence-corrected chi connectivity index (χ2v) is 6.37. The first-order valence-electron chi connectivity index (χ1n) is 6.29. The van der Waals surface area contributed by atoms with E-state index in [0.29, 0.717) is 13.0 Å². The average molecular weight is 280 g/mol. The van der Waals surface area contributed by atoms with Gasteiger partial charge in [-0.3, -0.25) is 9.69 Å². The van der Waals surface area contributed by atoms with Crippen molar-refractivity contribution >= 4 is 23.3 Å². The Morgan fingerprint density at radius 3 is 2.79 bits per heavy atom. The quantitative estimate of drug-likeness (QED) is 0.776. The maximum Gasteiger partial charge on any atom is 0.325 e. The van der Waals surface area contributed by atoms with Crippen LogP contribution in [0.4, 0.5) is 4.79 Å². The van der Waals surface area contributed by atoms with Crippen LogP contribution in [0.15, 0.2) is 0 Å². The lowest BCUT2D eigenvalue weighted by Crippen LogP contribution is -2.48. The van der Waals surface area contributed by atoms with E-state index in [2.05, 4.69) is 15.6 Å². The van der Waals surface area contributed by atoms with Crippen molar-refractivity contribution in [3.63, 3.8) is 0 Å². The summed E-state index contributed by atoms with van der Waals surface area (Å²) in [5, 5.41) is 6.76. The summed E-state index contributed by atoms with van der Waals surface area (Å²) >= 11 is 1.54. The minimum Gasteiger partial charge on any atom is -0.322 e. The van der Waals surface area contributed by atoms with E-state index in [1.54, 1.807) is 0 Å². The Hall–Kier alpha value is -1.47. The van der Waals surface area contributed by atoms with Crippen molar-refractivity contribution < 1.29 is 9.59 Å². The number of nitrogens with one attached hydrogen (secondary N) is 2. The highest BCUT2D eigenvalue weighted by Gasteiger charge is 2.52. The maximum atomic E-state index is 12.4. The number of urea groups is 1. The minimum atomic E-state index is -0.724. The van der Waals surface area contributed by atoms with E-state index in [1.165, 1.54) is 16.2 Å². The average Bonchev–Trinajstić information content (AvgIpc) is 2.99. The molecule has 2 aliphatic heterocycles. The van der Waals surface area contributed by atoms with Crippen molar-refractivity contribution in [2.75, 3.05) is 13.1 Å². The number of thiazole rings is 1. The van der Waals surface area contributed by atoms with E-state index in [0.717, 1.165) is 22.1 Å². The summed E-state index contributed by atoms with van der Waals surface area (Å²) in [6, 6.07) is -0.306. The fourth-order valence-corrected chi connectivity index (χ4v) is 3.47. The number of amides is 3. The van der Waals surface area contributed by atoms with Crippen molar-refractivity contribution in [2.45, 2.75) is 32.4 Å². The van der Waals surface area contributed by atoms with Crippen LogP contribution in [0.5, 0.6) is 0 Å². The second-order valence-electron chi connectivity index (χ2n) is 5.08. The third-order valence-corrected chi connectivity index (χ3v) is 4.83. The molecule has 0 aromatic carbocycles. The number of rotatable bonds is 2.